The number of aliphatic imine (C=N–C) groups is 1. The molecule has 4 heterocycles. The highest BCUT2D eigenvalue weighted by Gasteiger charge is 2.33. The van der Waals surface area contributed by atoms with Gasteiger partial charge in [-0.25, -0.2) is 9.78 Å². The number of hydrogen-bond donors (Lipinski definition) is 2. The number of ether oxygens (including phenoxy) is 1. The van der Waals surface area contributed by atoms with Gasteiger partial charge in [0, 0.05) is 30.9 Å². The van der Waals surface area contributed by atoms with Gasteiger partial charge in [-0.3, -0.25) is 14.7 Å². The molecule has 2 saturated heterocycles. The van der Waals surface area contributed by atoms with E-state index in [2.05, 4.69) is 46.7 Å². The number of rotatable bonds is 6. The first kappa shape index (κ1) is 28.4. The van der Waals surface area contributed by atoms with Crippen molar-refractivity contribution < 1.29 is 9.53 Å². The van der Waals surface area contributed by atoms with Crippen LogP contribution in [0.25, 0.3) is 38.4 Å². The number of amides is 1. The molecule has 2 fully saturated rings. The van der Waals surface area contributed by atoms with Crippen LogP contribution in [0, 0.1) is 0 Å². The van der Waals surface area contributed by atoms with Gasteiger partial charge < -0.3 is 15.0 Å². The van der Waals surface area contributed by atoms with Crippen molar-refractivity contribution in [1.29, 1.82) is 0 Å². The number of aromatic amines is 1. The SMILES string of the molecule is O=C(OCc1ccccc1)N1CCC[C@H]1c1nc2cc(-c3ccc4cc(C5=CN=C([C@@H]6CCCN6)C5)ccc4c3)ccc2c(=O)[nH]1. The number of fused-ring (bicyclic) bond motifs is 2. The number of aromatic nitrogens is 2. The fraction of sp³-hybridized carbons (Fsp3) is 0.263. The van der Waals surface area contributed by atoms with Crippen molar-refractivity contribution >= 4 is 39.1 Å². The number of likely N-dealkylation sites (tertiary alicyclic amines) is 1. The average molecular weight is 610 g/mol. The molecule has 3 aliphatic heterocycles. The first-order valence-corrected chi connectivity index (χ1v) is 16.1. The minimum Gasteiger partial charge on any atom is -0.445 e. The Labute approximate surface area is 266 Å². The summed E-state index contributed by atoms with van der Waals surface area (Å²) >= 11 is 0. The maximum Gasteiger partial charge on any atom is 0.410 e. The zero-order valence-corrected chi connectivity index (χ0v) is 25.5. The van der Waals surface area contributed by atoms with Crippen LogP contribution in [0.3, 0.4) is 0 Å². The van der Waals surface area contributed by atoms with E-state index in [1.54, 1.807) is 4.90 Å². The summed E-state index contributed by atoms with van der Waals surface area (Å²) in [4.78, 5) is 40.4. The Morgan fingerprint density at radius 3 is 2.50 bits per heavy atom. The number of nitrogens with zero attached hydrogens (tertiary/aromatic N) is 3. The van der Waals surface area contributed by atoms with E-state index in [0.29, 0.717) is 35.7 Å². The lowest BCUT2D eigenvalue weighted by Crippen LogP contribution is -2.32. The fourth-order valence-electron chi connectivity index (χ4n) is 7.00. The predicted octanol–water partition coefficient (Wildman–Crippen LogP) is 7.15. The quantitative estimate of drug-likeness (QED) is 0.213. The third-order valence-corrected chi connectivity index (χ3v) is 9.50. The molecule has 5 aromatic rings. The van der Waals surface area contributed by atoms with Gasteiger partial charge >= 0.3 is 6.09 Å². The van der Waals surface area contributed by atoms with Gasteiger partial charge in [0.15, 0.2) is 0 Å². The number of hydrogen-bond acceptors (Lipinski definition) is 6. The minimum atomic E-state index is -0.398. The molecule has 0 bridgehead atoms. The zero-order valence-electron chi connectivity index (χ0n) is 25.5. The molecule has 46 heavy (non-hydrogen) atoms. The lowest BCUT2D eigenvalue weighted by molar-refractivity contribution is 0.0908. The Morgan fingerprint density at radius 2 is 1.67 bits per heavy atom. The summed E-state index contributed by atoms with van der Waals surface area (Å²) in [5.41, 5.74) is 7.08. The van der Waals surface area contributed by atoms with E-state index in [1.165, 1.54) is 35.1 Å². The highest BCUT2D eigenvalue weighted by Crippen LogP contribution is 2.33. The first-order chi connectivity index (χ1) is 22.6. The lowest BCUT2D eigenvalue weighted by atomic mass is 9.95. The molecule has 4 aromatic carbocycles. The van der Waals surface area contributed by atoms with Crippen molar-refractivity contribution in [2.75, 3.05) is 13.1 Å². The van der Waals surface area contributed by atoms with Crippen LogP contribution in [0.15, 0.2) is 101 Å². The monoisotopic (exact) mass is 609 g/mol. The highest BCUT2D eigenvalue weighted by atomic mass is 16.6. The van der Waals surface area contributed by atoms with E-state index in [9.17, 15) is 9.59 Å². The van der Waals surface area contributed by atoms with Gasteiger partial charge in [-0.05, 0) is 95.1 Å². The van der Waals surface area contributed by atoms with Crippen LogP contribution in [0.4, 0.5) is 4.79 Å². The van der Waals surface area contributed by atoms with E-state index in [4.69, 9.17) is 14.7 Å². The normalized spacial score (nSPS) is 19.5. The number of carbonyl (C=O) groups is 1. The Balaban J connectivity index is 1.02. The summed E-state index contributed by atoms with van der Waals surface area (Å²) in [5, 5.41) is 6.40. The van der Waals surface area contributed by atoms with E-state index in [-0.39, 0.29) is 18.2 Å². The van der Waals surface area contributed by atoms with Crippen LogP contribution in [-0.4, -0.2) is 45.8 Å². The molecule has 1 aromatic heterocycles. The van der Waals surface area contributed by atoms with Crippen LogP contribution < -0.4 is 10.9 Å². The van der Waals surface area contributed by atoms with E-state index < -0.39 is 6.09 Å². The third kappa shape index (κ3) is 5.49. The number of nitrogens with one attached hydrogen (secondary N) is 2. The zero-order chi connectivity index (χ0) is 31.0. The van der Waals surface area contributed by atoms with Crippen molar-refractivity contribution in [3.05, 3.63) is 118 Å². The smallest absolute Gasteiger partial charge is 0.410 e. The standard InChI is InChI=1S/C38H35N5O3/c44-37-31-15-14-29(20-33(31)41-36(42-37)35-9-5-17-43(35)38(45)46-23-24-6-2-1-3-7-24)27-11-10-26-19-28(13-12-25(26)18-27)30-21-34(40-22-30)32-8-4-16-39-32/h1-3,6-7,10-15,18-20,22,32,35,39H,4-5,8-9,16-17,21,23H2,(H,41,42,44)/t32-,35-/m0/s1. The Morgan fingerprint density at radius 1 is 0.891 bits per heavy atom. The summed E-state index contributed by atoms with van der Waals surface area (Å²) in [6.45, 7) is 1.84. The lowest BCUT2D eigenvalue weighted by Gasteiger charge is -2.23. The minimum absolute atomic E-state index is 0.201. The van der Waals surface area contributed by atoms with Crippen LogP contribution >= 0.6 is 0 Å². The van der Waals surface area contributed by atoms with Gasteiger partial charge in [0.2, 0.25) is 0 Å². The maximum absolute atomic E-state index is 13.2. The summed E-state index contributed by atoms with van der Waals surface area (Å²) < 4.78 is 5.61. The van der Waals surface area contributed by atoms with Crippen molar-refractivity contribution in [2.45, 2.75) is 50.8 Å². The van der Waals surface area contributed by atoms with Gasteiger partial charge in [0.1, 0.15) is 12.4 Å². The van der Waals surface area contributed by atoms with Gasteiger partial charge in [-0.2, -0.15) is 0 Å². The number of H-pyrrole nitrogens is 1. The molecular formula is C38H35N5O3. The maximum atomic E-state index is 13.2. The molecule has 8 heteroatoms. The van der Waals surface area contributed by atoms with E-state index in [1.807, 2.05) is 54.7 Å². The molecule has 0 radical (unpaired) electrons. The molecule has 3 aliphatic rings. The second-order valence-electron chi connectivity index (χ2n) is 12.5. The summed E-state index contributed by atoms with van der Waals surface area (Å²) in [6, 6.07) is 28.5. The van der Waals surface area contributed by atoms with Crippen molar-refractivity contribution in [2.24, 2.45) is 4.99 Å². The Kier molecular flexibility index (Phi) is 7.42. The second kappa shape index (κ2) is 12.0. The van der Waals surface area contributed by atoms with Crippen molar-refractivity contribution in [1.82, 2.24) is 20.2 Å². The number of carbonyl (C=O) groups excluding carboxylic acids is 1. The van der Waals surface area contributed by atoms with Crippen LogP contribution in [0.1, 0.15) is 55.1 Å². The highest BCUT2D eigenvalue weighted by molar-refractivity contribution is 6.02. The molecule has 0 saturated carbocycles. The topological polar surface area (TPSA) is 99.7 Å². The summed E-state index contributed by atoms with van der Waals surface area (Å²) in [5.74, 6) is 0.493. The molecule has 0 unspecified atom stereocenters. The Bertz CT molecular complexity index is 2080. The van der Waals surface area contributed by atoms with E-state index in [0.717, 1.165) is 41.5 Å². The molecule has 8 rings (SSSR count). The van der Waals surface area contributed by atoms with Crippen LogP contribution in [0.2, 0.25) is 0 Å². The molecule has 1 amide bonds. The first-order valence-electron chi connectivity index (χ1n) is 16.1. The largest absolute Gasteiger partial charge is 0.445 e. The summed E-state index contributed by atoms with van der Waals surface area (Å²) in [6.07, 6.45) is 6.45. The molecular weight excluding hydrogens is 574 g/mol. The van der Waals surface area contributed by atoms with Gasteiger partial charge in [-0.15, -0.1) is 0 Å². The molecule has 0 aliphatic carbocycles. The molecule has 2 atom stereocenters. The van der Waals surface area contributed by atoms with Crippen molar-refractivity contribution in [3.63, 3.8) is 0 Å². The van der Waals surface area contributed by atoms with Crippen molar-refractivity contribution in [3.8, 4) is 11.1 Å². The molecule has 8 nitrogen and oxygen atoms in total. The molecule has 230 valence electrons. The number of benzene rings is 4. The van der Waals surface area contributed by atoms with Gasteiger partial charge in [-0.1, -0.05) is 60.7 Å². The van der Waals surface area contributed by atoms with E-state index >= 15 is 0 Å². The fourth-order valence-corrected chi connectivity index (χ4v) is 7.00. The van der Waals surface area contributed by atoms with Crippen LogP contribution in [-0.2, 0) is 11.3 Å². The molecule has 0 spiro atoms. The average Bonchev–Trinajstić information content (AvgIpc) is 3.89. The second-order valence-corrected chi connectivity index (χ2v) is 12.5. The van der Waals surface area contributed by atoms with Gasteiger partial charge in [0.25, 0.3) is 5.56 Å². The Hall–Kier alpha value is -5.08. The molecule has 2 N–H and O–H groups in total. The predicted molar refractivity (Wildman–Crippen MR) is 182 cm³/mol. The van der Waals surface area contributed by atoms with Gasteiger partial charge in [0.05, 0.1) is 16.9 Å². The third-order valence-electron chi connectivity index (χ3n) is 9.50. The number of allylic oxidation sites excluding steroid dienone is 1. The summed E-state index contributed by atoms with van der Waals surface area (Å²) in [7, 11) is 0. The van der Waals surface area contributed by atoms with Crippen LogP contribution in [0.5, 0.6) is 0 Å².